The van der Waals surface area contributed by atoms with E-state index in [0.29, 0.717) is 19.0 Å². The zero-order chi connectivity index (χ0) is 17.8. The average molecular weight is 357 g/mol. The Morgan fingerprint density at radius 1 is 0.960 bits per heavy atom. The van der Waals surface area contributed by atoms with Gasteiger partial charge in [-0.2, -0.15) is 0 Å². The zero-order valence-electron chi connectivity index (χ0n) is 14.6. The van der Waals surface area contributed by atoms with Crippen molar-refractivity contribution in [2.75, 3.05) is 18.5 Å². The van der Waals surface area contributed by atoms with Crippen LogP contribution >= 0.6 is 11.6 Å². The lowest BCUT2D eigenvalue weighted by molar-refractivity contribution is 0.288. The monoisotopic (exact) mass is 356 g/mol. The highest BCUT2D eigenvalue weighted by Gasteiger charge is 2.11. The number of halogens is 1. The molecule has 1 heterocycles. The molecule has 2 aromatic carbocycles. The first kappa shape index (κ1) is 17.4. The Labute approximate surface area is 152 Å². The van der Waals surface area contributed by atoms with Gasteiger partial charge in [-0.15, -0.1) is 0 Å². The third kappa shape index (κ3) is 3.80. The zero-order valence-corrected chi connectivity index (χ0v) is 15.4. The van der Waals surface area contributed by atoms with Crippen LogP contribution in [0.4, 0.5) is 11.4 Å². The maximum atomic E-state index is 6.05. The van der Waals surface area contributed by atoms with Crippen LogP contribution in [0.3, 0.4) is 0 Å². The number of nitrogens with one attached hydrogen (secondary N) is 1. The number of aromatic nitrogens is 1. The number of hydrogen-bond donors (Lipinski definition) is 1. The third-order valence-corrected chi connectivity index (χ3v) is 4.10. The number of fused-ring (bicyclic) bond motifs is 1. The minimum absolute atomic E-state index is 0.574. The summed E-state index contributed by atoms with van der Waals surface area (Å²) in [6, 6.07) is 11.6. The molecule has 0 aliphatic carbocycles. The SMILES string of the molecule is CCOc1cc2nccc(Nc3ccc(Cl)cc3C)c2cc1OCC. The number of anilines is 2. The summed E-state index contributed by atoms with van der Waals surface area (Å²) in [5, 5.41) is 5.17. The van der Waals surface area contributed by atoms with Crippen LogP contribution < -0.4 is 14.8 Å². The fourth-order valence-electron chi connectivity index (χ4n) is 2.71. The Bertz CT molecular complexity index is 896. The molecule has 1 N–H and O–H groups in total. The molecule has 3 aromatic rings. The molecule has 0 aliphatic heterocycles. The van der Waals surface area contributed by atoms with Crippen molar-refractivity contribution in [3.05, 3.63) is 53.2 Å². The van der Waals surface area contributed by atoms with Crippen molar-refractivity contribution in [1.82, 2.24) is 4.98 Å². The van der Waals surface area contributed by atoms with Crippen molar-refractivity contribution in [2.24, 2.45) is 0 Å². The maximum absolute atomic E-state index is 6.05. The highest BCUT2D eigenvalue weighted by Crippen LogP contribution is 2.36. The molecule has 0 unspecified atom stereocenters. The second-order valence-electron chi connectivity index (χ2n) is 5.62. The van der Waals surface area contributed by atoms with Gasteiger partial charge in [-0.3, -0.25) is 4.98 Å². The molecule has 0 amide bonds. The summed E-state index contributed by atoms with van der Waals surface area (Å²) in [4.78, 5) is 4.47. The number of ether oxygens (including phenoxy) is 2. The molecule has 3 rings (SSSR count). The van der Waals surface area contributed by atoms with E-state index in [9.17, 15) is 0 Å². The van der Waals surface area contributed by atoms with E-state index in [1.807, 2.05) is 57.2 Å². The fraction of sp³-hybridized carbons (Fsp3) is 0.250. The number of nitrogens with zero attached hydrogens (tertiary/aromatic N) is 1. The van der Waals surface area contributed by atoms with E-state index in [2.05, 4.69) is 10.3 Å². The molecule has 0 bridgehead atoms. The topological polar surface area (TPSA) is 43.4 Å². The van der Waals surface area contributed by atoms with Crippen LogP contribution in [0.2, 0.25) is 5.02 Å². The normalized spacial score (nSPS) is 10.7. The van der Waals surface area contributed by atoms with Gasteiger partial charge in [0.1, 0.15) is 0 Å². The van der Waals surface area contributed by atoms with E-state index in [0.717, 1.165) is 38.6 Å². The molecule has 130 valence electrons. The van der Waals surface area contributed by atoms with Crippen molar-refractivity contribution in [2.45, 2.75) is 20.8 Å². The Morgan fingerprint density at radius 2 is 1.68 bits per heavy atom. The molecule has 25 heavy (non-hydrogen) atoms. The molecule has 0 spiro atoms. The van der Waals surface area contributed by atoms with Crippen molar-refractivity contribution >= 4 is 33.9 Å². The highest BCUT2D eigenvalue weighted by molar-refractivity contribution is 6.30. The van der Waals surface area contributed by atoms with E-state index in [-0.39, 0.29) is 0 Å². The first-order valence-corrected chi connectivity index (χ1v) is 8.71. The van der Waals surface area contributed by atoms with E-state index < -0.39 is 0 Å². The maximum Gasteiger partial charge on any atom is 0.163 e. The van der Waals surface area contributed by atoms with Crippen molar-refractivity contribution < 1.29 is 9.47 Å². The van der Waals surface area contributed by atoms with E-state index in [1.165, 1.54) is 0 Å². The van der Waals surface area contributed by atoms with Crippen LogP contribution in [-0.4, -0.2) is 18.2 Å². The molecule has 4 nitrogen and oxygen atoms in total. The summed E-state index contributed by atoms with van der Waals surface area (Å²) in [5.41, 5.74) is 3.89. The van der Waals surface area contributed by atoms with Crippen molar-refractivity contribution in [1.29, 1.82) is 0 Å². The predicted molar refractivity (Wildman–Crippen MR) is 104 cm³/mol. The van der Waals surface area contributed by atoms with E-state index >= 15 is 0 Å². The van der Waals surface area contributed by atoms with Crippen LogP contribution in [0.1, 0.15) is 19.4 Å². The summed E-state index contributed by atoms with van der Waals surface area (Å²) < 4.78 is 11.4. The first-order chi connectivity index (χ1) is 12.1. The molecular weight excluding hydrogens is 336 g/mol. The van der Waals surface area contributed by atoms with Gasteiger partial charge in [0, 0.05) is 34.0 Å². The van der Waals surface area contributed by atoms with Gasteiger partial charge in [0.15, 0.2) is 11.5 Å². The lowest BCUT2D eigenvalue weighted by atomic mass is 10.1. The fourth-order valence-corrected chi connectivity index (χ4v) is 2.94. The minimum Gasteiger partial charge on any atom is -0.490 e. The van der Waals surface area contributed by atoms with E-state index in [1.54, 1.807) is 6.20 Å². The Hall–Kier alpha value is -2.46. The lowest BCUT2D eigenvalue weighted by Gasteiger charge is -2.15. The molecule has 0 saturated carbocycles. The Kier molecular flexibility index (Phi) is 5.29. The second kappa shape index (κ2) is 7.62. The number of rotatable bonds is 6. The summed E-state index contributed by atoms with van der Waals surface area (Å²) in [6.45, 7) is 7.09. The average Bonchev–Trinajstić information content (AvgIpc) is 2.59. The quantitative estimate of drug-likeness (QED) is 0.611. The summed E-state index contributed by atoms with van der Waals surface area (Å²) >= 11 is 6.05. The van der Waals surface area contributed by atoms with Gasteiger partial charge in [0.2, 0.25) is 0 Å². The summed E-state index contributed by atoms with van der Waals surface area (Å²) in [6.07, 6.45) is 1.78. The highest BCUT2D eigenvalue weighted by atomic mass is 35.5. The number of benzene rings is 2. The van der Waals surface area contributed by atoms with Crippen LogP contribution in [0.5, 0.6) is 11.5 Å². The van der Waals surface area contributed by atoms with Crippen molar-refractivity contribution in [3.8, 4) is 11.5 Å². The molecule has 0 saturated heterocycles. The van der Waals surface area contributed by atoms with Gasteiger partial charge >= 0.3 is 0 Å². The summed E-state index contributed by atoms with van der Waals surface area (Å²) in [7, 11) is 0. The molecule has 0 atom stereocenters. The molecule has 0 fully saturated rings. The van der Waals surface area contributed by atoms with Gasteiger partial charge in [-0.1, -0.05) is 11.6 Å². The Morgan fingerprint density at radius 3 is 2.36 bits per heavy atom. The largest absolute Gasteiger partial charge is 0.490 e. The summed E-state index contributed by atoms with van der Waals surface area (Å²) in [5.74, 6) is 1.44. The van der Waals surface area contributed by atoms with Gasteiger partial charge in [0.25, 0.3) is 0 Å². The molecule has 5 heteroatoms. The molecule has 1 aromatic heterocycles. The first-order valence-electron chi connectivity index (χ1n) is 8.34. The van der Waals surface area contributed by atoms with E-state index in [4.69, 9.17) is 21.1 Å². The van der Waals surface area contributed by atoms with Crippen LogP contribution in [-0.2, 0) is 0 Å². The third-order valence-electron chi connectivity index (χ3n) is 3.86. The number of pyridine rings is 1. The lowest BCUT2D eigenvalue weighted by Crippen LogP contribution is -2.00. The van der Waals surface area contributed by atoms with Gasteiger partial charge in [-0.25, -0.2) is 0 Å². The van der Waals surface area contributed by atoms with Gasteiger partial charge in [0.05, 0.1) is 18.7 Å². The predicted octanol–water partition coefficient (Wildman–Crippen LogP) is 5.74. The molecule has 0 aliphatic rings. The van der Waals surface area contributed by atoms with Crippen LogP contribution in [0, 0.1) is 6.92 Å². The number of hydrogen-bond acceptors (Lipinski definition) is 4. The minimum atomic E-state index is 0.574. The number of aryl methyl sites for hydroxylation is 1. The molecular formula is C20H21ClN2O2. The second-order valence-corrected chi connectivity index (χ2v) is 6.06. The van der Waals surface area contributed by atoms with Gasteiger partial charge in [-0.05, 0) is 56.7 Å². The van der Waals surface area contributed by atoms with Gasteiger partial charge < -0.3 is 14.8 Å². The smallest absolute Gasteiger partial charge is 0.163 e. The Balaban J connectivity index is 2.07. The molecule has 0 radical (unpaired) electrons. The van der Waals surface area contributed by atoms with Crippen LogP contribution in [0.15, 0.2) is 42.6 Å². The van der Waals surface area contributed by atoms with Crippen LogP contribution in [0.25, 0.3) is 10.9 Å². The standard InChI is InChI=1S/C20H21ClN2O2/c1-4-24-19-11-15-17(23-16-7-6-14(21)10-13(16)3)8-9-22-18(15)12-20(19)25-5-2/h6-12H,4-5H2,1-3H3,(H,22,23). The van der Waals surface area contributed by atoms with Crippen molar-refractivity contribution in [3.63, 3.8) is 0 Å².